The average molecular weight is 356 g/mol. The van der Waals surface area contributed by atoms with Gasteiger partial charge in [-0.2, -0.15) is 4.98 Å². The Morgan fingerprint density at radius 3 is 2.77 bits per heavy atom. The number of aryl methyl sites for hydroxylation is 1. The summed E-state index contributed by atoms with van der Waals surface area (Å²) in [5.41, 5.74) is 8.20. The number of hydrogen-bond acceptors (Lipinski definition) is 6. The van der Waals surface area contributed by atoms with Crippen LogP contribution in [0.4, 0.5) is 11.8 Å². The van der Waals surface area contributed by atoms with Gasteiger partial charge in [-0.1, -0.05) is 19.1 Å². The molecule has 2 aromatic rings. The Morgan fingerprint density at radius 2 is 2.08 bits per heavy atom. The predicted octanol–water partition coefficient (Wildman–Crippen LogP) is 3.03. The van der Waals surface area contributed by atoms with E-state index in [1.165, 1.54) is 5.56 Å². The molecule has 0 amide bonds. The van der Waals surface area contributed by atoms with Gasteiger partial charge >= 0.3 is 0 Å². The number of aromatic nitrogens is 2. The van der Waals surface area contributed by atoms with Gasteiger partial charge in [-0.05, 0) is 37.0 Å². The molecule has 6 nitrogen and oxygen atoms in total. The van der Waals surface area contributed by atoms with Crippen molar-refractivity contribution in [1.82, 2.24) is 9.97 Å². The fourth-order valence-electron chi connectivity index (χ4n) is 3.07. The lowest BCUT2D eigenvalue weighted by molar-refractivity contribution is 0.193. The summed E-state index contributed by atoms with van der Waals surface area (Å²) in [6, 6.07) is 10.3. The van der Waals surface area contributed by atoms with E-state index in [0.717, 1.165) is 49.7 Å². The fourth-order valence-corrected chi connectivity index (χ4v) is 3.07. The SMILES string of the molecule is CCc1ccc(OCCCN(C)c2cc([C@H]3CCOC3)nc(N)n2)cc1. The number of nitrogens with two attached hydrogens (primary N) is 1. The van der Waals surface area contributed by atoms with Gasteiger partial charge in [0.15, 0.2) is 0 Å². The first-order chi connectivity index (χ1) is 12.7. The van der Waals surface area contributed by atoms with E-state index >= 15 is 0 Å². The van der Waals surface area contributed by atoms with Gasteiger partial charge in [0.25, 0.3) is 0 Å². The van der Waals surface area contributed by atoms with Crippen molar-refractivity contribution in [2.75, 3.05) is 44.0 Å². The third-order valence-corrected chi connectivity index (χ3v) is 4.73. The van der Waals surface area contributed by atoms with E-state index in [-0.39, 0.29) is 0 Å². The Balaban J connectivity index is 1.50. The highest BCUT2D eigenvalue weighted by Gasteiger charge is 2.21. The number of anilines is 2. The molecule has 26 heavy (non-hydrogen) atoms. The molecule has 1 aliphatic rings. The molecule has 0 saturated carbocycles. The van der Waals surface area contributed by atoms with Crippen LogP contribution in [0.15, 0.2) is 30.3 Å². The smallest absolute Gasteiger partial charge is 0.222 e. The van der Waals surface area contributed by atoms with E-state index in [9.17, 15) is 0 Å². The second-order valence-corrected chi connectivity index (χ2v) is 6.69. The molecule has 140 valence electrons. The quantitative estimate of drug-likeness (QED) is 0.733. The normalized spacial score (nSPS) is 16.6. The Kier molecular flexibility index (Phi) is 6.28. The first-order valence-corrected chi connectivity index (χ1v) is 9.30. The highest BCUT2D eigenvalue weighted by Crippen LogP contribution is 2.26. The molecule has 0 bridgehead atoms. The summed E-state index contributed by atoms with van der Waals surface area (Å²) in [5.74, 6) is 2.41. The van der Waals surface area contributed by atoms with E-state index in [1.54, 1.807) is 0 Å². The third kappa shape index (κ3) is 4.85. The van der Waals surface area contributed by atoms with E-state index in [2.05, 4.69) is 33.9 Å². The zero-order valence-corrected chi connectivity index (χ0v) is 15.6. The van der Waals surface area contributed by atoms with Crippen molar-refractivity contribution in [3.05, 3.63) is 41.6 Å². The minimum absolute atomic E-state index is 0.321. The summed E-state index contributed by atoms with van der Waals surface area (Å²) in [4.78, 5) is 10.9. The molecule has 1 aromatic carbocycles. The van der Waals surface area contributed by atoms with Gasteiger partial charge in [-0.3, -0.25) is 0 Å². The second-order valence-electron chi connectivity index (χ2n) is 6.69. The van der Waals surface area contributed by atoms with Crippen LogP contribution in [0.5, 0.6) is 5.75 Å². The summed E-state index contributed by atoms with van der Waals surface area (Å²) in [5, 5.41) is 0. The van der Waals surface area contributed by atoms with Gasteiger partial charge in [-0.25, -0.2) is 4.98 Å². The van der Waals surface area contributed by atoms with Crippen LogP contribution in [0.2, 0.25) is 0 Å². The molecule has 2 N–H and O–H groups in total. The van der Waals surface area contributed by atoms with Crippen LogP contribution in [0.25, 0.3) is 0 Å². The van der Waals surface area contributed by atoms with Crippen LogP contribution in [-0.2, 0) is 11.2 Å². The van der Waals surface area contributed by atoms with Gasteiger partial charge < -0.3 is 20.1 Å². The molecule has 1 aliphatic heterocycles. The lowest BCUT2D eigenvalue weighted by atomic mass is 10.0. The Hall–Kier alpha value is -2.34. The van der Waals surface area contributed by atoms with Crippen molar-refractivity contribution in [2.45, 2.75) is 32.1 Å². The number of ether oxygens (including phenoxy) is 2. The van der Waals surface area contributed by atoms with Crippen LogP contribution in [0.3, 0.4) is 0 Å². The fraction of sp³-hybridized carbons (Fsp3) is 0.500. The highest BCUT2D eigenvalue weighted by molar-refractivity contribution is 5.43. The summed E-state index contributed by atoms with van der Waals surface area (Å²) in [6.45, 7) is 5.15. The molecule has 0 radical (unpaired) electrons. The van der Waals surface area contributed by atoms with E-state index < -0.39 is 0 Å². The van der Waals surface area contributed by atoms with E-state index in [0.29, 0.717) is 25.1 Å². The molecule has 1 atom stereocenters. The van der Waals surface area contributed by atoms with Crippen molar-refractivity contribution in [3.63, 3.8) is 0 Å². The number of rotatable bonds is 8. The molecule has 0 spiro atoms. The van der Waals surface area contributed by atoms with Crippen molar-refractivity contribution < 1.29 is 9.47 Å². The monoisotopic (exact) mass is 356 g/mol. The van der Waals surface area contributed by atoms with Gasteiger partial charge in [0.1, 0.15) is 11.6 Å². The van der Waals surface area contributed by atoms with Crippen LogP contribution in [0.1, 0.15) is 36.9 Å². The molecule has 2 heterocycles. The lowest BCUT2D eigenvalue weighted by Gasteiger charge is -2.20. The summed E-state index contributed by atoms with van der Waals surface area (Å²) >= 11 is 0. The standard InChI is InChI=1S/C20H28N4O2/c1-3-15-5-7-17(8-6-15)26-11-4-10-24(2)19-13-18(22-20(21)23-19)16-9-12-25-14-16/h5-8,13,16H,3-4,9-12,14H2,1-2H3,(H2,21,22,23)/t16-/m0/s1. The van der Waals surface area contributed by atoms with Crippen LogP contribution in [0, 0.1) is 0 Å². The minimum Gasteiger partial charge on any atom is -0.494 e. The first-order valence-electron chi connectivity index (χ1n) is 9.30. The van der Waals surface area contributed by atoms with E-state index in [1.807, 2.05) is 25.2 Å². The highest BCUT2D eigenvalue weighted by atomic mass is 16.5. The van der Waals surface area contributed by atoms with Crippen molar-refractivity contribution in [1.29, 1.82) is 0 Å². The first kappa shape index (κ1) is 18.5. The largest absolute Gasteiger partial charge is 0.494 e. The molecule has 0 unspecified atom stereocenters. The topological polar surface area (TPSA) is 73.5 Å². The summed E-state index contributed by atoms with van der Waals surface area (Å²) < 4.78 is 11.3. The van der Waals surface area contributed by atoms with E-state index in [4.69, 9.17) is 15.2 Å². The molecule has 6 heteroatoms. The zero-order valence-electron chi connectivity index (χ0n) is 15.6. The number of nitrogens with zero attached hydrogens (tertiary/aromatic N) is 3. The van der Waals surface area contributed by atoms with Crippen LogP contribution < -0.4 is 15.4 Å². The molecule has 1 saturated heterocycles. The zero-order chi connectivity index (χ0) is 18.4. The molecule has 0 aliphatic carbocycles. The van der Waals surface area contributed by atoms with Gasteiger partial charge in [0, 0.05) is 32.2 Å². The lowest BCUT2D eigenvalue weighted by Crippen LogP contribution is -2.22. The number of nitrogen functional groups attached to an aromatic ring is 1. The third-order valence-electron chi connectivity index (χ3n) is 4.73. The molecule has 1 fully saturated rings. The number of benzene rings is 1. The maximum atomic E-state index is 5.90. The van der Waals surface area contributed by atoms with Crippen molar-refractivity contribution >= 4 is 11.8 Å². The van der Waals surface area contributed by atoms with Crippen LogP contribution >= 0.6 is 0 Å². The van der Waals surface area contributed by atoms with Crippen molar-refractivity contribution in [3.8, 4) is 5.75 Å². The Bertz CT molecular complexity index is 699. The number of hydrogen-bond donors (Lipinski definition) is 1. The predicted molar refractivity (Wildman–Crippen MR) is 104 cm³/mol. The molecule has 1 aromatic heterocycles. The average Bonchev–Trinajstić information content (AvgIpc) is 3.20. The molecular formula is C20H28N4O2. The minimum atomic E-state index is 0.321. The van der Waals surface area contributed by atoms with Gasteiger partial charge in [-0.15, -0.1) is 0 Å². The summed E-state index contributed by atoms with van der Waals surface area (Å²) in [6.07, 6.45) is 2.93. The second kappa shape index (κ2) is 8.85. The Labute approximate surface area is 155 Å². The molecular weight excluding hydrogens is 328 g/mol. The Morgan fingerprint density at radius 1 is 1.27 bits per heavy atom. The van der Waals surface area contributed by atoms with Gasteiger partial charge in [0.2, 0.25) is 5.95 Å². The maximum absolute atomic E-state index is 5.90. The molecule has 3 rings (SSSR count). The van der Waals surface area contributed by atoms with Crippen LogP contribution in [-0.4, -0.2) is 43.4 Å². The summed E-state index contributed by atoms with van der Waals surface area (Å²) in [7, 11) is 2.02. The van der Waals surface area contributed by atoms with Crippen molar-refractivity contribution in [2.24, 2.45) is 0 Å². The maximum Gasteiger partial charge on any atom is 0.222 e. The van der Waals surface area contributed by atoms with Gasteiger partial charge in [0.05, 0.1) is 18.9 Å².